The summed E-state index contributed by atoms with van der Waals surface area (Å²) >= 11 is 17.0. The van der Waals surface area contributed by atoms with Crippen LogP contribution in [0.25, 0.3) is 0 Å². The van der Waals surface area contributed by atoms with E-state index in [4.69, 9.17) is 48.5 Å². The Morgan fingerprint density at radius 1 is 1.19 bits per heavy atom. The first-order valence-electron chi connectivity index (χ1n) is 9.62. The monoisotopic (exact) mass is 507 g/mol. The van der Waals surface area contributed by atoms with Gasteiger partial charge < -0.3 is 14.6 Å². The number of nitrogens with one attached hydrogen (secondary N) is 1. The van der Waals surface area contributed by atoms with Gasteiger partial charge in [-0.3, -0.25) is 4.18 Å². The summed E-state index contributed by atoms with van der Waals surface area (Å²) in [4.78, 5) is 0. The Bertz CT molecular complexity index is 903. The summed E-state index contributed by atoms with van der Waals surface area (Å²) in [6.07, 6.45) is -1.04. The van der Waals surface area contributed by atoms with Crippen molar-refractivity contribution < 1.29 is 23.0 Å². The van der Waals surface area contributed by atoms with Gasteiger partial charge in [-0.25, -0.2) is 8.93 Å². The summed E-state index contributed by atoms with van der Waals surface area (Å²) < 4.78 is 30.3. The summed E-state index contributed by atoms with van der Waals surface area (Å²) in [5, 5.41) is 10.3. The molecule has 1 saturated heterocycles. The predicted molar refractivity (Wildman–Crippen MR) is 124 cm³/mol. The van der Waals surface area contributed by atoms with Gasteiger partial charge in [0.2, 0.25) is 11.3 Å². The van der Waals surface area contributed by atoms with Gasteiger partial charge in [0, 0.05) is 12.0 Å². The second-order valence-corrected chi connectivity index (χ2v) is 9.72. The van der Waals surface area contributed by atoms with E-state index in [0.29, 0.717) is 34.7 Å². The van der Waals surface area contributed by atoms with Crippen LogP contribution in [0, 0.1) is 0 Å². The fourth-order valence-corrected chi connectivity index (χ4v) is 4.49. The quantitative estimate of drug-likeness (QED) is 0.495. The number of aliphatic hydroxyl groups is 1. The van der Waals surface area contributed by atoms with Crippen LogP contribution in [0.5, 0.6) is 11.5 Å². The number of rotatable bonds is 9. The third-order valence-electron chi connectivity index (χ3n) is 4.98. The van der Waals surface area contributed by atoms with E-state index >= 15 is 0 Å². The Hall–Kier alpha value is -1.06. The van der Waals surface area contributed by atoms with E-state index in [0.717, 1.165) is 11.1 Å². The molecule has 10 heteroatoms. The molecular weight excluding hydrogens is 485 g/mol. The van der Waals surface area contributed by atoms with E-state index in [2.05, 4.69) is 18.6 Å². The van der Waals surface area contributed by atoms with Crippen LogP contribution in [-0.4, -0.2) is 47.2 Å². The molecule has 0 aromatic heterocycles. The first kappa shape index (κ1) is 24.6. The minimum atomic E-state index is -1.44. The highest BCUT2D eigenvalue weighted by molar-refractivity contribution is 7.78. The lowest BCUT2D eigenvalue weighted by atomic mass is 9.78. The van der Waals surface area contributed by atoms with Crippen LogP contribution in [0.3, 0.4) is 0 Å². The number of benzene rings is 2. The molecule has 31 heavy (non-hydrogen) atoms. The third-order valence-corrected chi connectivity index (χ3v) is 6.75. The average Bonchev–Trinajstić information content (AvgIpc) is 3.16. The van der Waals surface area contributed by atoms with E-state index in [9.17, 15) is 9.32 Å². The zero-order valence-electron chi connectivity index (χ0n) is 17.1. The molecule has 3 rings (SSSR count). The number of hydrogen-bond donors (Lipinski definition) is 2. The maximum atomic E-state index is 11.2. The van der Waals surface area contributed by atoms with E-state index in [-0.39, 0.29) is 18.6 Å². The predicted octanol–water partition coefficient (Wildman–Crippen LogP) is 4.24. The lowest BCUT2D eigenvalue weighted by Crippen LogP contribution is -2.22. The van der Waals surface area contributed by atoms with Crippen molar-refractivity contribution in [2.45, 2.75) is 31.5 Å². The van der Waals surface area contributed by atoms with Crippen molar-refractivity contribution in [3.05, 3.63) is 57.6 Å². The molecule has 0 amide bonds. The normalized spacial score (nSPS) is 19.9. The highest BCUT2D eigenvalue weighted by Crippen LogP contribution is 2.40. The summed E-state index contributed by atoms with van der Waals surface area (Å²) in [5.74, 6) is 1.07. The molecule has 1 fully saturated rings. The maximum absolute atomic E-state index is 11.2. The minimum absolute atomic E-state index is 0.00497. The molecular formula is C21H24Cl3NO5S. The van der Waals surface area contributed by atoms with Crippen molar-refractivity contribution >= 4 is 46.1 Å². The van der Waals surface area contributed by atoms with Gasteiger partial charge in [0.15, 0.2) is 5.75 Å². The second kappa shape index (κ2) is 10.7. The van der Waals surface area contributed by atoms with Crippen LogP contribution >= 0.6 is 34.8 Å². The van der Waals surface area contributed by atoms with Crippen LogP contribution in [0.15, 0.2) is 36.4 Å². The SMILES string of the molecule is CC(C)(c1ccc(OCC2CNS(=O)O2)cc1)c1cc(Cl)c(OCC(O)CCl)c(Cl)c1. The molecule has 170 valence electrons. The largest absolute Gasteiger partial charge is 0.491 e. The number of alkyl halides is 1. The van der Waals surface area contributed by atoms with Gasteiger partial charge in [-0.2, -0.15) is 0 Å². The first-order valence-corrected chi connectivity index (χ1v) is 12.0. The summed E-state index contributed by atoms with van der Waals surface area (Å²) in [5.41, 5.74) is 1.56. The first-order chi connectivity index (χ1) is 14.7. The van der Waals surface area contributed by atoms with Crippen LogP contribution in [0.1, 0.15) is 25.0 Å². The zero-order chi connectivity index (χ0) is 22.6. The van der Waals surface area contributed by atoms with Crippen molar-refractivity contribution in [2.24, 2.45) is 0 Å². The number of hydrogen-bond acceptors (Lipinski definition) is 5. The molecule has 0 bridgehead atoms. The van der Waals surface area contributed by atoms with E-state index < -0.39 is 22.8 Å². The van der Waals surface area contributed by atoms with Gasteiger partial charge in [-0.1, -0.05) is 49.2 Å². The van der Waals surface area contributed by atoms with Crippen molar-refractivity contribution in [2.75, 3.05) is 25.6 Å². The molecule has 1 aliphatic rings. The molecule has 0 spiro atoms. The van der Waals surface area contributed by atoms with Crippen molar-refractivity contribution in [1.82, 2.24) is 4.72 Å². The number of halogens is 3. The topological polar surface area (TPSA) is 77.0 Å². The van der Waals surface area contributed by atoms with Crippen LogP contribution < -0.4 is 14.2 Å². The molecule has 2 N–H and O–H groups in total. The van der Waals surface area contributed by atoms with Crippen molar-refractivity contribution in [3.8, 4) is 11.5 Å². The second-order valence-electron chi connectivity index (χ2n) is 7.65. The minimum Gasteiger partial charge on any atom is -0.491 e. The summed E-state index contributed by atoms with van der Waals surface area (Å²) in [6, 6.07) is 11.3. The fraction of sp³-hybridized carbons (Fsp3) is 0.429. The van der Waals surface area contributed by atoms with Crippen molar-refractivity contribution in [1.29, 1.82) is 0 Å². The van der Waals surface area contributed by atoms with Crippen LogP contribution in [0.4, 0.5) is 0 Å². The summed E-state index contributed by atoms with van der Waals surface area (Å²) in [7, 11) is 0. The highest BCUT2D eigenvalue weighted by Gasteiger charge is 2.26. The fourth-order valence-electron chi connectivity index (χ4n) is 3.05. The number of aliphatic hydroxyl groups excluding tert-OH is 1. The molecule has 2 aromatic rings. The zero-order valence-corrected chi connectivity index (χ0v) is 20.2. The van der Waals surface area contributed by atoms with Gasteiger partial charge in [0.1, 0.15) is 31.2 Å². The van der Waals surface area contributed by atoms with Crippen molar-refractivity contribution in [3.63, 3.8) is 0 Å². The molecule has 2 aromatic carbocycles. The molecule has 0 saturated carbocycles. The van der Waals surface area contributed by atoms with Crippen LogP contribution in [0.2, 0.25) is 10.0 Å². The van der Waals surface area contributed by atoms with E-state index in [1.54, 1.807) is 0 Å². The van der Waals surface area contributed by atoms with Gasteiger partial charge in [-0.15, -0.1) is 11.6 Å². The lowest BCUT2D eigenvalue weighted by molar-refractivity contribution is 0.125. The molecule has 1 aliphatic heterocycles. The molecule has 3 unspecified atom stereocenters. The van der Waals surface area contributed by atoms with E-state index in [1.165, 1.54) is 0 Å². The van der Waals surface area contributed by atoms with Gasteiger partial charge in [0.25, 0.3) is 0 Å². The van der Waals surface area contributed by atoms with E-state index in [1.807, 2.05) is 36.4 Å². The Morgan fingerprint density at radius 2 is 1.84 bits per heavy atom. The number of ether oxygens (including phenoxy) is 2. The third kappa shape index (κ3) is 6.26. The van der Waals surface area contributed by atoms with Gasteiger partial charge in [-0.05, 0) is 35.4 Å². The smallest absolute Gasteiger partial charge is 0.234 e. The molecule has 3 atom stereocenters. The van der Waals surface area contributed by atoms with Gasteiger partial charge in [0.05, 0.1) is 15.9 Å². The lowest BCUT2D eigenvalue weighted by Gasteiger charge is -2.27. The van der Waals surface area contributed by atoms with Gasteiger partial charge >= 0.3 is 0 Å². The van der Waals surface area contributed by atoms with Crippen LogP contribution in [-0.2, 0) is 20.9 Å². The Balaban J connectivity index is 1.70. The molecule has 6 nitrogen and oxygen atoms in total. The standard InChI is InChI=1S/C21H24Cl3NO5S/c1-21(2,14-7-18(23)20(19(24)8-14)29-11-15(26)9-22)13-3-5-16(6-4-13)28-12-17-10-25-31(27)30-17/h3-8,15,17,25-26H,9-12H2,1-2H3. The molecule has 0 aliphatic carbocycles. The summed E-state index contributed by atoms with van der Waals surface area (Å²) in [6.45, 7) is 4.94. The average molecular weight is 509 g/mol. The Morgan fingerprint density at radius 3 is 2.39 bits per heavy atom. The highest BCUT2D eigenvalue weighted by atomic mass is 35.5. The molecule has 0 radical (unpaired) electrons. The molecule has 1 heterocycles. The maximum Gasteiger partial charge on any atom is 0.234 e. The Kier molecular flexibility index (Phi) is 8.49. The Labute approximate surface area is 199 Å².